The van der Waals surface area contributed by atoms with Gasteiger partial charge in [0.05, 0.1) is 13.7 Å². The van der Waals surface area contributed by atoms with E-state index in [9.17, 15) is 9.59 Å². The highest BCUT2D eigenvalue weighted by atomic mass is 16.5. The average Bonchev–Trinajstić information content (AvgIpc) is 2.38. The predicted octanol–water partition coefficient (Wildman–Crippen LogP) is 1.50. The van der Waals surface area contributed by atoms with Crippen LogP contribution in [0, 0.1) is 11.8 Å². The summed E-state index contributed by atoms with van der Waals surface area (Å²) in [5.74, 6) is -1.66. The first-order valence-electron chi connectivity index (χ1n) is 6.08. The third-order valence-electron chi connectivity index (χ3n) is 2.59. The van der Waals surface area contributed by atoms with Crippen LogP contribution in [0.3, 0.4) is 0 Å². The Balaban J connectivity index is 3.02. The lowest BCUT2D eigenvalue weighted by Crippen LogP contribution is -2.31. The second-order valence-corrected chi connectivity index (χ2v) is 4.28. The van der Waals surface area contributed by atoms with Crippen molar-refractivity contribution in [3.63, 3.8) is 0 Å². The van der Waals surface area contributed by atoms with Crippen LogP contribution in [-0.2, 0) is 9.53 Å². The Morgan fingerprint density at radius 2 is 2.00 bits per heavy atom. The molecule has 1 unspecified atom stereocenters. The minimum Gasteiger partial charge on any atom is -0.481 e. The minimum absolute atomic E-state index is 0.151. The molecule has 0 saturated heterocycles. The van der Waals surface area contributed by atoms with E-state index in [4.69, 9.17) is 9.47 Å². The van der Waals surface area contributed by atoms with E-state index in [0.717, 1.165) is 0 Å². The molecular weight excluding hydrogens is 248 g/mol. The molecule has 19 heavy (non-hydrogen) atoms. The normalized spacial score (nSPS) is 12.1. The maximum absolute atomic E-state index is 12.3. The molecule has 1 rings (SSSR count). The van der Waals surface area contributed by atoms with E-state index in [0.29, 0.717) is 0 Å². The van der Waals surface area contributed by atoms with Gasteiger partial charge in [0, 0.05) is 6.07 Å². The monoisotopic (exact) mass is 266 g/mol. The summed E-state index contributed by atoms with van der Waals surface area (Å²) in [5, 5.41) is 0. The van der Waals surface area contributed by atoms with Crippen LogP contribution >= 0.6 is 0 Å². The van der Waals surface area contributed by atoms with E-state index >= 15 is 0 Å². The molecule has 0 fully saturated rings. The van der Waals surface area contributed by atoms with Crippen molar-refractivity contribution in [2.45, 2.75) is 20.8 Å². The quantitative estimate of drug-likeness (QED) is 0.441. The number of ether oxygens (including phenoxy) is 2. The summed E-state index contributed by atoms with van der Waals surface area (Å²) >= 11 is 0. The Bertz CT molecular complexity index is 460. The van der Waals surface area contributed by atoms with Crippen molar-refractivity contribution in [1.29, 1.82) is 0 Å². The fourth-order valence-corrected chi connectivity index (χ4v) is 1.66. The van der Waals surface area contributed by atoms with Crippen molar-refractivity contribution in [2.75, 3.05) is 13.7 Å². The lowest BCUT2D eigenvalue weighted by atomic mass is 9.90. The molecule has 0 saturated carbocycles. The van der Waals surface area contributed by atoms with Crippen molar-refractivity contribution in [3.8, 4) is 5.88 Å². The highest BCUT2D eigenvalue weighted by molar-refractivity contribution is 6.07. The molecule has 0 N–H and O–H groups in total. The highest BCUT2D eigenvalue weighted by Gasteiger charge is 2.32. The first kappa shape index (κ1) is 15.1. The summed E-state index contributed by atoms with van der Waals surface area (Å²) in [4.78, 5) is 31.9. The Morgan fingerprint density at radius 3 is 2.53 bits per heavy atom. The molecule has 6 nitrogen and oxygen atoms in total. The second kappa shape index (κ2) is 6.82. The number of hydrogen-bond donors (Lipinski definition) is 0. The van der Waals surface area contributed by atoms with Crippen LogP contribution in [0.4, 0.5) is 0 Å². The zero-order valence-electron chi connectivity index (χ0n) is 11.5. The minimum atomic E-state index is -0.862. The second-order valence-electron chi connectivity index (χ2n) is 4.28. The average molecular weight is 266 g/mol. The Hall–Kier alpha value is -1.98. The summed E-state index contributed by atoms with van der Waals surface area (Å²) in [6.45, 7) is 5.52. The molecule has 0 radical (unpaired) electrons. The van der Waals surface area contributed by atoms with Gasteiger partial charge in [-0.05, 0) is 12.8 Å². The van der Waals surface area contributed by atoms with Crippen LogP contribution < -0.4 is 4.74 Å². The maximum atomic E-state index is 12.3. The standard InChI is InChI=1S/C13H18N2O4/c1-5-19-13(17)11(8(2)3)12(16)9-6-10(18-4)15-7-14-9/h6-8,11H,5H2,1-4H3. The first-order chi connectivity index (χ1) is 9.01. The molecular formula is C13H18N2O4. The van der Waals surface area contributed by atoms with Gasteiger partial charge in [0.25, 0.3) is 0 Å². The fraction of sp³-hybridized carbons (Fsp3) is 0.538. The van der Waals surface area contributed by atoms with Gasteiger partial charge >= 0.3 is 5.97 Å². The number of methoxy groups -OCH3 is 1. The molecule has 6 heteroatoms. The van der Waals surface area contributed by atoms with E-state index in [-0.39, 0.29) is 29.9 Å². The number of carbonyl (C=O) groups excluding carboxylic acids is 2. The molecule has 0 aliphatic heterocycles. The van der Waals surface area contributed by atoms with Gasteiger partial charge < -0.3 is 9.47 Å². The molecule has 104 valence electrons. The Morgan fingerprint density at radius 1 is 1.32 bits per heavy atom. The highest BCUT2D eigenvalue weighted by Crippen LogP contribution is 2.19. The summed E-state index contributed by atoms with van der Waals surface area (Å²) < 4.78 is 9.86. The molecule has 0 amide bonds. The van der Waals surface area contributed by atoms with Gasteiger partial charge in [-0.1, -0.05) is 13.8 Å². The largest absolute Gasteiger partial charge is 0.481 e. The van der Waals surface area contributed by atoms with Gasteiger partial charge in [-0.3, -0.25) is 9.59 Å². The fourth-order valence-electron chi connectivity index (χ4n) is 1.66. The third kappa shape index (κ3) is 3.74. The maximum Gasteiger partial charge on any atom is 0.317 e. The van der Waals surface area contributed by atoms with Crippen LogP contribution in [0.2, 0.25) is 0 Å². The van der Waals surface area contributed by atoms with E-state index in [1.165, 1.54) is 19.5 Å². The van der Waals surface area contributed by atoms with E-state index in [2.05, 4.69) is 9.97 Å². The van der Waals surface area contributed by atoms with Gasteiger partial charge in [-0.25, -0.2) is 9.97 Å². The number of esters is 1. The molecule has 1 heterocycles. The summed E-state index contributed by atoms with van der Waals surface area (Å²) in [6, 6.07) is 1.41. The zero-order valence-corrected chi connectivity index (χ0v) is 11.5. The lowest BCUT2D eigenvalue weighted by molar-refractivity contribution is -0.147. The van der Waals surface area contributed by atoms with Gasteiger partial charge in [-0.15, -0.1) is 0 Å². The number of aromatic nitrogens is 2. The molecule has 0 bridgehead atoms. The van der Waals surface area contributed by atoms with Crippen molar-refractivity contribution in [1.82, 2.24) is 9.97 Å². The van der Waals surface area contributed by atoms with Gasteiger partial charge in [0.15, 0.2) is 5.78 Å². The number of Topliss-reactive ketones (excluding diaryl/α,β-unsaturated/α-hetero) is 1. The van der Waals surface area contributed by atoms with Crippen LogP contribution in [0.15, 0.2) is 12.4 Å². The van der Waals surface area contributed by atoms with Crippen molar-refractivity contribution < 1.29 is 19.1 Å². The van der Waals surface area contributed by atoms with Gasteiger partial charge in [-0.2, -0.15) is 0 Å². The number of carbonyl (C=O) groups is 2. The van der Waals surface area contributed by atoms with Crippen LogP contribution in [-0.4, -0.2) is 35.4 Å². The number of hydrogen-bond acceptors (Lipinski definition) is 6. The summed E-state index contributed by atoms with van der Waals surface area (Å²) in [5.41, 5.74) is 0.151. The zero-order chi connectivity index (χ0) is 14.4. The molecule has 0 aliphatic rings. The summed E-state index contributed by atoms with van der Waals surface area (Å²) in [7, 11) is 1.45. The van der Waals surface area contributed by atoms with Gasteiger partial charge in [0.1, 0.15) is 17.9 Å². The van der Waals surface area contributed by atoms with E-state index in [1.807, 2.05) is 0 Å². The molecule has 0 aromatic carbocycles. The van der Waals surface area contributed by atoms with E-state index < -0.39 is 11.9 Å². The SMILES string of the molecule is CCOC(=O)C(C(=O)c1cc(OC)ncn1)C(C)C. The van der Waals surface area contributed by atoms with Crippen LogP contribution in [0.25, 0.3) is 0 Å². The molecule has 1 aromatic heterocycles. The van der Waals surface area contributed by atoms with Crippen molar-refractivity contribution >= 4 is 11.8 Å². The van der Waals surface area contributed by atoms with Crippen LogP contribution in [0.1, 0.15) is 31.3 Å². The lowest BCUT2D eigenvalue weighted by Gasteiger charge is -2.17. The smallest absolute Gasteiger partial charge is 0.317 e. The topological polar surface area (TPSA) is 78.4 Å². The Kier molecular flexibility index (Phi) is 5.41. The number of nitrogens with zero attached hydrogens (tertiary/aromatic N) is 2. The third-order valence-corrected chi connectivity index (χ3v) is 2.59. The molecule has 0 spiro atoms. The summed E-state index contributed by atoms with van der Waals surface area (Å²) in [6.07, 6.45) is 1.23. The Labute approximate surface area is 112 Å². The van der Waals surface area contributed by atoms with Crippen molar-refractivity contribution in [3.05, 3.63) is 18.1 Å². The van der Waals surface area contributed by atoms with Gasteiger partial charge in [0.2, 0.25) is 5.88 Å². The number of ketones is 1. The van der Waals surface area contributed by atoms with Crippen LogP contribution in [0.5, 0.6) is 5.88 Å². The first-order valence-corrected chi connectivity index (χ1v) is 6.08. The van der Waals surface area contributed by atoms with Crippen molar-refractivity contribution in [2.24, 2.45) is 11.8 Å². The molecule has 0 aliphatic carbocycles. The molecule has 1 aromatic rings. The van der Waals surface area contributed by atoms with E-state index in [1.54, 1.807) is 20.8 Å². The number of rotatable bonds is 6. The molecule has 1 atom stereocenters. The predicted molar refractivity (Wildman–Crippen MR) is 67.9 cm³/mol.